The maximum absolute atomic E-state index is 12.1. The minimum absolute atomic E-state index is 0.209. The van der Waals surface area contributed by atoms with Gasteiger partial charge in [0, 0.05) is 25.2 Å². The second kappa shape index (κ2) is 10.2. The number of amides is 2. The third kappa shape index (κ3) is 5.29. The molecule has 4 nitrogen and oxygen atoms in total. The van der Waals surface area contributed by atoms with Gasteiger partial charge in [-0.15, -0.1) is 0 Å². The molecule has 0 aliphatic heterocycles. The minimum atomic E-state index is -0.209. The molecule has 2 N–H and O–H groups in total. The Balaban J connectivity index is 1.26. The van der Waals surface area contributed by atoms with E-state index >= 15 is 0 Å². The highest BCUT2D eigenvalue weighted by atomic mass is 16.2. The Hall–Kier alpha value is -4.18. The topological polar surface area (TPSA) is 58.2 Å². The van der Waals surface area contributed by atoms with Crippen molar-refractivity contribution in [2.24, 2.45) is 0 Å². The Labute approximate surface area is 187 Å². The van der Waals surface area contributed by atoms with Crippen LogP contribution in [0.2, 0.25) is 0 Å². The lowest BCUT2D eigenvalue weighted by molar-refractivity contribution is -0.117. The molecule has 0 saturated carbocycles. The van der Waals surface area contributed by atoms with Crippen LogP contribution in [0.4, 0.5) is 0 Å². The van der Waals surface area contributed by atoms with E-state index in [2.05, 4.69) is 34.9 Å². The molecular formula is C28H24N2O2. The maximum Gasteiger partial charge on any atom is 0.244 e. The van der Waals surface area contributed by atoms with Gasteiger partial charge in [-0.2, -0.15) is 0 Å². The monoisotopic (exact) mass is 420 g/mol. The molecule has 0 spiro atoms. The van der Waals surface area contributed by atoms with Gasteiger partial charge < -0.3 is 10.6 Å². The van der Waals surface area contributed by atoms with E-state index in [4.69, 9.17) is 0 Å². The number of hydrogen-bond acceptors (Lipinski definition) is 2. The molecule has 4 heteroatoms. The van der Waals surface area contributed by atoms with Gasteiger partial charge in [-0.1, -0.05) is 97.1 Å². The molecule has 0 saturated heterocycles. The van der Waals surface area contributed by atoms with E-state index in [-0.39, 0.29) is 11.8 Å². The van der Waals surface area contributed by atoms with E-state index in [0.29, 0.717) is 13.1 Å². The first-order valence-electron chi connectivity index (χ1n) is 10.5. The largest absolute Gasteiger partial charge is 0.348 e. The Kier molecular flexibility index (Phi) is 6.73. The summed E-state index contributed by atoms with van der Waals surface area (Å²) in [7, 11) is 0. The molecule has 4 aromatic carbocycles. The lowest BCUT2D eigenvalue weighted by Crippen LogP contribution is -2.20. The zero-order valence-electron chi connectivity index (χ0n) is 17.6. The van der Waals surface area contributed by atoms with Crippen LogP contribution in [0, 0.1) is 0 Å². The lowest BCUT2D eigenvalue weighted by atomic mass is 10.0. The first-order chi connectivity index (χ1) is 15.7. The summed E-state index contributed by atoms with van der Waals surface area (Å²) in [5.41, 5.74) is 2.13. The van der Waals surface area contributed by atoms with Crippen molar-refractivity contribution in [1.82, 2.24) is 10.6 Å². The number of allylic oxidation sites excluding steroid dienone is 2. The average Bonchev–Trinajstić information content (AvgIpc) is 2.84. The molecule has 0 unspecified atom stereocenters. The van der Waals surface area contributed by atoms with Crippen LogP contribution in [0.3, 0.4) is 0 Å². The molecule has 0 radical (unpaired) electrons. The fourth-order valence-electron chi connectivity index (χ4n) is 3.66. The molecule has 0 aromatic heterocycles. The maximum atomic E-state index is 12.1. The summed E-state index contributed by atoms with van der Waals surface area (Å²) < 4.78 is 0. The summed E-state index contributed by atoms with van der Waals surface area (Å²) in [6.45, 7) is 0.888. The number of rotatable bonds is 7. The second-order valence-corrected chi connectivity index (χ2v) is 7.43. The van der Waals surface area contributed by atoms with E-state index in [9.17, 15) is 9.59 Å². The lowest BCUT2D eigenvalue weighted by Gasteiger charge is -2.07. The molecule has 158 valence electrons. The van der Waals surface area contributed by atoms with Gasteiger partial charge >= 0.3 is 0 Å². The molecule has 0 fully saturated rings. The van der Waals surface area contributed by atoms with Gasteiger partial charge in [-0.05, 0) is 32.7 Å². The summed E-state index contributed by atoms with van der Waals surface area (Å²) in [6.07, 6.45) is 5.96. The molecule has 32 heavy (non-hydrogen) atoms. The molecule has 4 aromatic rings. The van der Waals surface area contributed by atoms with Crippen molar-refractivity contribution in [2.45, 2.75) is 13.1 Å². The third-order valence-corrected chi connectivity index (χ3v) is 5.27. The highest BCUT2D eigenvalue weighted by Gasteiger charge is 2.03. The van der Waals surface area contributed by atoms with Crippen molar-refractivity contribution in [3.63, 3.8) is 0 Å². The molecule has 0 heterocycles. The molecule has 0 aliphatic rings. The molecule has 4 rings (SSSR count). The third-order valence-electron chi connectivity index (χ3n) is 5.27. The van der Waals surface area contributed by atoms with Gasteiger partial charge in [-0.3, -0.25) is 9.59 Å². The van der Waals surface area contributed by atoms with Crippen LogP contribution in [0.25, 0.3) is 21.5 Å². The fourth-order valence-corrected chi connectivity index (χ4v) is 3.66. The van der Waals surface area contributed by atoms with Crippen LogP contribution in [-0.4, -0.2) is 11.8 Å². The molecule has 0 aliphatic carbocycles. The number of nitrogens with one attached hydrogen (secondary N) is 2. The predicted molar refractivity (Wildman–Crippen MR) is 130 cm³/mol. The molecule has 0 bridgehead atoms. The van der Waals surface area contributed by atoms with E-state index in [1.54, 1.807) is 12.2 Å². The highest BCUT2D eigenvalue weighted by Crippen LogP contribution is 2.19. The van der Waals surface area contributed by atoms with Crippen molar-refractivity contribution < 1.29 is 9.59 Å². The second-order valence-electron chi connectivity index (χ2n) is 7.43. The first kappa shape index (κ1) is 21.1. The van der Waals surface area contributed by atoms with Crippen LogP contribution in [0.1, 0.15) is 11.1 Å². The Morgan fingerprint density at radius 1 is 0.562 bits per heavy atom. The standard InChI is InChI=1S/C28H24N2O2/c31-27(29-19-23-13-7-11-21-9-1-3-15-25(21)23)17-5-6-18-28(32)30-20-24-14-8-12-22-10-2-4-16-26(22)24/h1-18H,19-20H2,(H,29,31)(H,30,32)/b17-5+,18-6+. The van der Waals surface area contributed by atoms with Crippen molar-refractivity contribution in [3.8, 4) is 0 Å². The molecule has 0 atom stereocenters. The number of carbonyl (C=O) groups is 2. The SMILES string of the molecule is O=C(/C=C/C=C/C(=O)NCc1cccc2ccccc12)NCc1cccc2ccccc12. The first-order valence-corrected chi connectivity index (χ1v) is 10.5. The summed E-state index contributed by atoms with van der Waals surface area (Å²) in [4.78, 5) is 24.2. The number of hydrogen-bond donors (Lipinski definition) is 2. The Morgan fingerprint density at radius 2 is 0.969 bits per heavy atom. The highest BCUT2D eigenvalue weighted by molar-refractivity contribution is 5.91. The normalized spacial score (nSPS) is 11.4. The number of fused-ring (bicyclic) bond motifs is 2. The van der Waals surface area contributed by atoms with Crippen molar-refractivity contribution in [1.29, 1.82) is 0 Å². The zero-order valence-corrected chi connectivity index (χ0v) is 17.6. The van der Waals surface area contributed by atoms with Gasteiger partial charge in [0.15, 0.2) is 0 Å². The Morgan fingerprint density at radius 3 is 1.44 bits per heavy atom. The van der Waals surface area contributed by atoms with E-state index in [0.717, 1.165) is 32.7 Å². The summed E-state index contributed by atoms with van der Waals surface area (Å²) in [5.74, 6) is -0.419. The van der Waals surface area contributed by atoms with Crippen LogP contribution >= 0.6 is 0 Å². The minimum Gasteiger partial charge on any atom is -0.348 e. The fraction of sp³-hybridized carbons (Fsp3) is 0.0714. The van der Waals surface area contributed by atoms with Crippen molar-refractivity contribution in [2.75, 3.05) is 0 Å². The number of carbonyl (C=O) groups excluding carboxylic acids is 2. The number of benzene rings is 4. The summed E-state index contributed by atoms with van der Waals surface area (Å²) in [5, 5.41) is 10.3. The van der Waals surface area contributed by atoms with E-state index < -0.39 is 0 Å². The average molecular weight is 421 g/mol. The van der Waals surface area contributed by atoms with Crippen molar-refractivity contribution >= 4 is 33.4 Å². The van der Waals surface area contributed by atoms with Gasteiger partial charge in [0.05, 0.1) is 0 Å². The summed E-state index contributed by atoms with van der Waals surface area (Å²) in [6, 6.07) is 28.3. The quantitative estimate of drug-likeness (QED) is 0.325. The predicted octanol–water partition coefficient (Wildman–Crippen LogP) is 5.04. The van der Waals surface area contributed by atoms with Crippen LogP contribution in [-0.2, 0) is 22.7 Å². The zero-order chi connectivity index (χ0) is 22.2. The smallest absolute Gasteiger partial charge is 0.244 e. The van der Waals surface area contributed by atoms with E-state index in [1.165, 1.54) is 12.2 Å². The molecule has 2 amide bonds. The van der Waals surface area contributed by atoms with Crippen LogP contribution < -0.4 is 10.6 Å². The van der Waals surface area contributed by atoms with Gasteiger partial charge in [0.1, 0.15) is 0 Å². The van der Waals surface area contributed by atoms with Gasteiger partial charge in [-0.25, -0.2) is 0 Å². The molecular weight excluding hydrogens is 396 g/mol. The van der Waals surface area contributed by atoms with Crippen molar-refractivity contribution in [3.05, 3.63) is 120 Å². The van der Waals surface area contributed by atoms with Gasteiger partial charge in [0.2, 0.25) is 11.8 Å². The Bertz CT molecular complexity index is 1210. The van der Waals surface area contributed by atoms with Crippen LogP contribution in [0.15, 0.2) is 109 Å². The van der Waals surface area contributed by atoms with Crippen LogP contribution in [0.5, 0.6) is 0 Å². The van der Waals surface area contributed by atoms with Gasteiger partial charge in [0.25, 0.3) is 0 Å². The van der Waals surface area contributed by atoms with E-state index in [1.807, 2.05) is 60.7 Å². The summed E-state index contributed by atoms with van der Waals surface area (Å²) >= 11 is 0.